The quantitative estimate of drug-likeness (QED) is 0.460. The zero-order valence-electron chi connectivity index (χ0n) is 9.62. The summed E-state index contributed by atoms with van der Waals surface area (Å²) >= 11 is 0. The van der Waals surface area contributed by atoms with Gasteiger partial charge in [-0.25, -0.2) is 0 Å². The van der Waals surface area contributed by atoms with E-state index in [1.807, 2.05) is 37.1 Å². The number of carbonyl (C=O) groups excluding carboxylic acids is 2. The minimum atomic E-state index is -0.0162. The third-order valence-corrected chi connectivity index (χ3v) is 3.10. The van der Waals surface area contributed by atoms with Crippen LogP contribution in [0.15, 0.2) is 35.2 Å². The molecule has 16 heavy (non-hydrogen) atoms. The third-order valence-electron chi connectivity index (χ3n) is 3.10. The van der Waals surface area contributed by atoms with E-state index >= 15 is 0 Å². The summed E-state index contributed by atoms with van der Waals surface area (Å²) in [6, 6.07) is 0. The number of hydrogen-bond donors (Lipinski definition) is 0. The normalized spacial score (nSPS) is 21.6. The SMILES string of the molecule is CC1=CC=CC(=C2C(=O)CCCC2=O)N1C. The molecule has 1 aliphatic carbocycles. The van der Waals surface area contributed by atoms with E-state index in [9.17, 15) is 9.59 Å². The Morgan fingerprint density at radius 1 is 1.19 bits per heavy atom. The van der Waals surface area contributed by atoms with Gasteiger partial charge in [-0.05, 0) is 25.5 Å². The predicted molar refractivity (Wildman–Crippen MR) is 61.6 cm³/mol. The van der Waals surface area contributed by atoms with Crippen LogP contribution in [-0.4, -0.2) is 23.5 Å². The number of Topliss-reactive ketones (excluding diaryl/α,β-unsaturated/α-hetero) is 2. The molecule has 0 atom stereocenters. The summed E-state index contributed by atoms with van der Waals surface area (Å²) in [5.74, 6) is -0.0325. The highest BCUT2D eigenvalue weighted by Crippen LogP contribution is 2.26. The van der Waals surface area contributed by atoms with Gasteiger partial charge in [0.1, 0.15) is 0 Å². The molecule has 1 fully saturated rings. The van der Waals surface area contributed by atoms with Crippen LogP contribution in [-0.2, 0) is 9.59 Å². The topological polar surface area (TPSA) is 37.4 Å². The molecule has 3 heteroatoms. The molecule has 1 saturated carbocycles. The van der Waals surface area contributed by atoms with Crippen LogP contribution in [0.25, 0.3) is 0 Å². The van der Waals surface area contributed by atoms with Gasteiger partial charge >= 0.3 is 0 Å². The molecule has 0 bridgehead atoms. The number of rotatable bonds is 0. The van der Waals surface area contributed by atoms with E-state index in [1.165, 1.54) is 0 Å². The molecule has 1 aliphatic heterocycles. The second-order valence-corrected chi connectivity index (χ2v) is 4.19. The summed E-state index contributed by atoms with van der Waals surface area (Å²) in [5, 5.41) is 0. The van der Waals surface area contributed by atoms with E-state index in [0.29, 0.717) is 24.8 Å². The van der Waals surface area contributed by atoms with E-state index in [2.05, 4.69) is 0 Å². The molecule has 84 valence electrons. The molecular formula is C13H15NO2. The highest BCUT2D eigenvalue weighted by molar-refractivity contribution is 6.22. The van der Waals surface area contributed by atoms with Gasteiger partial charge in [-0.3, -0.25) is 9.59 Å². The van der Waals surface area contributed by atoms with Gasteiger partial charge in [0, 0.05) is 25.6 Å². The molecule has 0 amide bonds. The van der Waals surface area contributed by atoms with Gasteiger partial charge in [-0.15, -0.1) is 0 Å². The van der Waals surface area contributed by atoms with E-state index in [0.717, 1.165) is 11.4 Å². The summed E-state index contributed by atoms with van der Waals surface area (Å²) in [4.78, 5) is 25.5. The number of allylic oxidation sites excluding steroid dienone is 5. The molecule has 2 aliphatic rings. The largest absolute Gasteiger partial charge is 0.348 e. The Morgan fingerprint density at radius 3 is 2.44 bits per heavy atom. The molecule has 2 rings (SSSR count). The molecule has 0 aromatic heterocycles. The molecule has 0 radical (unpaired) electrons. The minimum absolute atomic E-state index is 0.0162. The second kappa shape index (κ2) is 4.08. The maximum Gasteiger partial charge on any atom is 0.168 e. The van der Waals surface area contributed by atoms with Crippen molar-refractivity contribution in [3.8, 4) is 0 Å². The Morgan fingerprint density at radius 2 is 1.81 bits per heavy atom. The van der Waals surface area contributed by atoms with Crippen molar-refractivity contribution in [2.24, 2.45) is 0 Å². The summed E-state index contributed by atoms with van der Waals surface area (Å²) in [7, 11) is 1.88. The average Bonchev–Trinajstić information content (AvgIpc) is 2.24. The maximum absolute atomic E-state index is 11.8. The number of likely N-dealkylation sites (N-methyl/N-ethyl adjacent to an activating group) is 1. The van der Waals surface area contributed by atoms with Crippen LogP contribution >= 0.6 is 0 Å². The Hall–Kier alpha value is -1.64. The van der Waals surface area contributed by atoms with E-state index in [-0.39, 0.29) is 11.6 Å². The molecule has 3 nitrogen and oxygen atoms in total. The fourth-order valence-corrected chi connectivity index (χ4v) is 2.04. The van der Waals surface area contributed by atoms with Crippen LogP contribution in [0.2, 0.25) is 0 Å². The van der Waals surface area contributed by atoms with Gasteiger partial charge in [-0.1, -0.05) is 6.08 Å². The summed E-state index contributed by atoms with van der Waals surface area (Å²) < 4.78 is 0. The molecular weight excluding hydrogens is 202 g/mol. The maximum atomic E-state index is 11.8. The summed E-state index contributed by atoms with van der Waals surface area (Å²) in [6.45, 7) is 1.96. The van der Waals surface area contributed by atoms with Crippen molar-refractivity contribution in [1.82, 2.24) is 4.90 Å². The molecule has 0 aromatic carbocycles. The number of hydrogen-bond acceptors (Lipinski definition) is 3. The van der Waals surface area contributed by atoms with Crippen molar-refractivity contribution >= 4 is 11.6 Å². The van der Waals surface area contributed by atoms with Gasteiger partial charge in [0.05, 0.1) is 11.3 Å². The van der Waals surface area contributed by atoms with Crippen molar-refractivity contribution in [3.05, 3.63) is 35.2 Å². The molecule has 1 heterocycles. The zero-order valence-corrected chi connectivity index (χ0v) is 9.62. The molecule has 0 saturated heterocycles. The minimum Gasteiger partial charge on any atom is -0.348 e. The van der Waals surface area contributed by atoms with Gasteiger partial charge in [-0.2, -0.15) is 0 Å². The molecule has 0 spiro atoms. The van der Waals surface area contributed by atoms with Gasteiger partial charge < -0.3 is 4.90 Å². The van der Waals surface area contributed by atoms with Crippen LogP contribution in [0.4, 0.5) is 0 Å². The van der Waals surface area contributed by atoms with Gasteiger partial charge in [0.25, 0.3) is 0 Å². The Balaban J connectivity index is 2.47. The first kappa shape index (κ1) is 10.9. The van der Waals surface area contributed by atoms with Crippen molar-refractivity contribution in [2.45, 2.75) is 26.2 Å². The Labute approximate surface area is 95.1 Å². The highest BCUT2D eigenvalue weighted by Gasteiger charge is 2.28. The predicted octanol–water partition coefficient (Wildman–Crippen LogP) is 1.97. The van der Waals surface area contributed by atoms with Gasteiger partial charge in [0.2, 0.25) is 0 Å². The van der Waals surface area contributed by atoms with E-state index in [4.69, 9.17) is 0 Å². The van der Waals surface area contributed by atoms with Gasteiger partial charge in [0.15, 0.2) is 11.6 Å². The van der Waals surface area contributed by atoms with Crippen LogP contribution in [0.1, 0.15) is 26.2 Å². The van der Waals surface area contributed by atoms with Crippen LogP contribution in [0, 0.1) is 0 Å². The number of nitrogens with zero attached hydrogens (tertiary/aromatic N) is 1. The first-order chi connectivity index (χ1) is 7.61. The monoisotopic (exact) mass is 217 g/mol. The summed E-state index contributed by atoms with van der Waals surface area (Å²) in [6.07, 6.45) is 7.36. The van der Waals surface area contributed by atoms with Crippen LogP contribution in [0.3, 0.4) is 0 Å². The first-order valence-corrected chi connectivity index (χ1v) is 5.50. The fourth-order valence-electron chi connectivity index (χ4n) is 2.04. The Bertz CT molecular complexity index is 423. The highest BCUT2D eigenvalue weighted by atomic mass is 16.1. The van der Waals surface area contributed by atoms with Crippen LogP contribution < -0.4 is 0 Å². The number of ketones is 2. The lowest BCUT2D eigenvalue weighted by Gasteiger charge is -2.27. The lowest BCUT2D eigenvalue weighted by Crippen LogP contribution is -2.27. The Kier molecular flexibility index (Phi) is 2.77. The third kappa shape index (κ3) is 1.73. The van der Waals surface area contributed by atoms with Crippen molar-refractivity contribution in [2.75, 3.05) is 7.05 Å². The second-order valence-electron chi connectivity index (χ2n) is 4.19. The van der Waals surface area contributed by atoms with E-state index in [1.54, 1.807) is 0 Å². The summed E-state index contributed by atoms with van der Waals surface area (Å²) in [5.41, 5.74) is 2.17. The molecule has 0 unspecified atom stereocenters. The van der Waals surface area contributed by atoms with E-state index < -0.39 is 0 Å². The van der Waals surface area contributed by atoms with Crippen molar-refractivity contribution in [3.63, 3.8) is 0 Å². The van der Waals surface area contributed by atoms with Crippen molar-refractivity contribution in [1.29, 1.82) is 0 Å². The van der Waals surface area contributed by atoms with Crippen molar-refractivity contribution < 1.29 is 9.59 Å². The van der Waals surface area contributed by atoms with Crippen LogP contribution in [0.5, 0.6) is 0 Å². The lowest BCUT2D eigenvalue weighted by atomic mass is 9.89. The first-order valence-electron chi connectivity index (χ1n) is 5.50. The lowest BCUT2D eigenvalue weighted by molar-refractivity contribution is -0.123. The fraction of sp³-hybridized carbons (Fsp3) is 0.385. The average molecular weight is 217 g/mol. The smallest absolute Gasteiger partial charge is 0.168 e. The standard InChI is InChI=1S/C13H15NO2/c1-9-5-3-6-10(14(9)2)13-11(15)7-4-8-12(13)16/h3,5-6H,4,7-8H2,1-2H3. The zero-order chi connectivity index (χ0) is 11.7. The molecule has 0 aromatic rings. The molecule has 0 N–H and O–H groups in total. The number of carbonyl (C=O) groups is 2.